The number of rotatable bonds is 7. The SMILES string of the molecule is COc1ccc(-n2c(C)nnc2SCC(=O)N=c2sccn2Cc2ccc(C)cc2)cc1. The van der Waals surface area contributed by atoms with Crippen molar-refractivity contribution in [3.8, 4) is 11.4 Å². The summed E-state index contributed by atoms with van der Waals surface area (Å²) in [5.74, 6) is 1.49. The second-order valence-corrected chi connectivity index (χ2v) is 8.97. The van der Waals surface area contributed by atoms with E-state index in [0.717, 1.165) is 17.3 Å². The lowest BCUT2D eigenvalue weighted by Crippen LogP contribution is -2.17. The van der Waals surface area contributed by atoms with Crippen LogP contribution in [-0.4, -0.2) is 38.1 Å². The molecule has 9 heteroatoms. The largest absolute Gasteiger partial charge is 0.497 e. The summed E-state index contributed by atoms with van der Waals surface area (Å²) in [5, 5.41) is 11.0. The minimum atomic E-state index is -0.211. The molecule has 0 aliphatic rings. The fourth-order valence-electron chi connectivity index (χ4n) is 3.13. The monoisotopic (exact) mass is 465 g/mol. The van der Waals surface area contributed by atoms with Gasteiger partial charge in [0.25, 0.3) is 5.91 Å². The predicted octanol–water partition coefficient (Wildman–Crippen LogP) is 4.02. The molecule has 0 atom stereocenters. The minimum absolute atomic E-state index is 0.177. The zero-order valence-corrected chi connectivity index (χ0v) is 19.7. The van der Waals surface area contributed by atoms with E-state index in [4.69, 9.17) is 4.74 Å². The van der Waals surface area contributed by atoms with Crippen molar-refractivity contribution < 1.29 is 9.53 Å². The molecule has 0 spiro atoms. The topological polar surface area (TPSA) is 74.3 Å². The number of methoxy groups -OCH3 is 1. The Morgan fingerprint density at radius 3 is 2.56 bits per heavy atom. The van der Waals surface area contributed by atoms with E-state index >= 15 is 0 Å². The molecule has 2 aromatic heterocycles. The molecule has 1 amide bonds. The Labute approximate surface area is 194 Å². The van der Waals surface area contributed by atoms with Gasteiger partial charge in [-0.25, -0.2) is 0 Å². The van der Waals surface area contributed by atoms with Gasteiger partial charge in [-0.1, -0.05) is 41.6 Å². The maximum atomic E-state index is 12.6. The van der Waals surface area contributed by atoms with Gasteiger partial charge < -0.3 is 9.30 Å². The van der Waals surface area contributed by atoms with E-state index < -0.39 is 0 Å². The first-order valence-electron chi connectivity index (χ1n) is 10.00. The number of carbonyl (C=O) groups is 1. The predicted molar refractivity (Wildman–Crippen MR) is 127 cm³/mol. The van der Waals surface area contributed by atoms with Gasteiger partial charge in [0, 0.05) is 23.8 Å². The van der Waals surface area contributed by atoms with Crippen molar-refractivity contribution in [2.45, 2.75) is 25.5 Å². The van der Waals surface area contributed by atoms with Gasteiger partial charge in [-0.3, -0.25) is 9.36 Å². The quantitative estimate of drug-likeness (QED) is 0.385. The first-order valence-corrected chi connectivity index (χ1v) is 11.9. The van der Waals surface area contributed by atoms with Crippen LogP contribution >= 0.6 is 23.1 Å². The molecule has 0 aliphatic heterocycles. The highest BCUT2D eigenvalue weighted by molar-refractivity contribution is 7.99. The van der Waals surface area contributed by atoms with Gasteiger partial charge in [-0.05, 0) is 43.7 Å². The lowest BCUT2D eigenvalue weighted by Gasteiger charge is -2.08. The molecule has 4 rings (SSSR count). The molecule has 0 saturated carbocycles. The lowest BCUT2D eigenvalue weighted by atomic mass is 10.1. The molecular weight excluding hydrogens is 442 g/mol. The number of amides is 1. The van der Waals surface area contributed by atoms with E-state index in [1.54, 1.807) is 7.11 Å². The zero-order valence-electron chi connectivity index (χ0n) is 18.1. The lowest BCUT2D eigenvalue weighted by molar-refractivity contribution is -0.115. The van der Waals surface area contributed by atoms with Crippen molar-refractivity contribution in [3.63, 3.8) is 0 Å². The second kappa shape index (κ2) is 9.97. The highest BCUT2D eigenvalue weighted by Gasteiger charge is 2.13. The van der Waals surface area contributed by atoms with E-state index in [2.05, 4.69) is 46.4 Å². The number of benzene rings is 2. The third kappa shape index (κ3) is 5.17. The third-order valence-electron chi connectivity index (χ3n) is 4.80. The van der Waals surface area contributed by atoms with Gasteiger partial charge in [0.1, 0.15) is 11.6 Å². The molecule has 0 unspecified atom stereocenters. The van der Waals surface area contributed by atoms with Crippen LogP contribution < -0.4 is 9.54 Å². The molecule has 4 aromatic rings. The molecule has 2 heterocycles. The zero-order chi connectivity index (χ0) is 22.5. The van der Waals surface area contributed by atoms with Gasteiger partial charge in [-0.2, -0.15) is 4.99 Å². The summed E-state index contributed by atoms with van der Waals surface area (Å²) in [5.41, 5.74) is 3.30. The summed E-state index contributed by atoms with van der Waals surface area (Å²) >= 11 is 2.77. The summed E-state index contributed by atoms with van der Waals surface area (Å²) in [6.07, 6.45) is 1.95. The summed E-state index contributed by atoms with van der Waals surface area (Å²) in [7, 11) is 1.63. The molecule has 164 valence electrons. The Morgan fingerprint density at radius 2 is 1.84 bits per heavy atom. The summed E-state index contributed by atoms with van der Waals surface area (Å²) in [4.78, 5) is 17.6. The molecule has 0 aliphatic carbocycles. The minimum Gasteiger partial charge on any atom is -0.497 e. The van der Waals surface area contributed by atoms with Crippen molar-refractivity contribution in [2.24, 2.45) is 4.99 Å². The van der Waals surface area contributed by atoms with Gasteiger partial charge in [0.05, 0.1) is 12.9 Å². The van der Waals surface area contributed by atoms with E-state index in [0.29, 0.717) is 16.5 Å². The molecule has 0 radical (unpaired) electrons. The normalized spacial score (nSPS) is 11.7. The summed E-state index contributed by atoms with van der Waals surface area (Å²) in [6, 6.07) is 16.0. The molecule has 2 aromatic carbocycles. The van der Waals surface area contributed by atoms with Crippen LogP contribution in [0.3, 0.4) is 0 Å². The number of hydrogen-bond donors (Lipinski definition) is 0. The molecule has 0 fully saturated rings. The third-order valence-corrected chi connectivity index (χ3v) is 6.51. The molecule has 0 saturated heterocycles. The molecule has 0 bridgehead atoms. The van der Waals surface area contributed by atoms with Crippen LogP contribution in [0.1, 0.15) is 17.0 Å². The molecule has 7 nitrogen and oxygen atoms in total. The van der Waals surface area contributed by atoms with Crippen molar-refractivity contribution in [3.05, 3.63) is 81.9 Å². The smallest absolute Gasteiger partial charge is 0.258 e. The number of hydrogen-bond acceptors (Lipinski definition) is 6. The standard InChI is InChI=1S/C23H23N5O2S2/c1-16-4-6-18(7-5-16)14-27-12-13-31-22(27)24-21(29)15-32-23-26-25-17(2)28(23)19-8-10-20(30-3)11-9-19/h4-13H,14-15H2,1-3H3. The Kier molecular flexibility index (Phi) is 6.87. The van der Waals surface area contributed by atoms with Crippen LogP contribution in [0.25, 0.3) is 5.69 Å². The number of carbonyl (C=O) groups excluding carboxylic acids is 1. The van der Waals surface area contributed by atoms with E-state index in [9.17, 15) is 4.79 Å². The van der Waals surface area contributed by atoms with Gasteiger partial charge in [0.15, 0.2) is 9.96 Å². The Balaban J connectivity index is 1.47. The second-order valence-electron chi connectivity index (χ2n) is 7.16. The van der Waals surface area contributed by atoms with Crippen LogP contribution in [-0.2, 0) is 11.3 Å². The van der Waals surface area contributed by atoms with Crippen molar-refractivity contribution in [2.75, 3.05) is 12.9 Å². The molecular formula is C23H23N5O2S2. The van der Waals surface area contributed by atoms with E-state index in [1.165, 1.54) is 34.2 Å². The van der Waals surface area contributed by atoms with Gasteiger partial charge in [0.2, 0.25) is 0 Å². The number of thiazole rings is 1. The summed E-state index contributed by atoms with van der Waals surface area (Å²) < 4.78 is 9.13. The number of aromatic nitrogens is 4. The number of ether oxygens (including phenoxy) is 1. The Hall–Kier alpha value is -3.17. The maximum Gasteiger partial charge on any atom is 0.258 e. The van der Waals surface area contributed by atoms with Crippen LogP contribution in [0.2, 0.25) is 0 Å². The molecule has 32 heavy (non-hydrogen) atoms. The summed E-state index contributed by atoms with van der Waals surface area (Å²) in [6.45, 7) is 4.62. The Morgan fingerprint density at radius 1 is 1.09 bits per heavy atom. The number of aryl methyl sites for hydroxylation is 2. The number of nitrogens with zero attached hydrogens (tertiary/aromatic N) is 5. The van der Waals surface area contributed by atoms with Gasteiger partial charge >= 0.3 is 0 Å². The highest BCUT2D eigenvalue weighted by atomic mass is 32.2. The van der Waals surface area contributed by atoms with E-state index in [-0.39, 0.29) is 11.7 Å². The van der Waals surface area contributed by atoms with E-state index in [1.807, 2.05) is 51.9 Å². The average molecular weight is 466 g/mol. The fourth-order valence-corrected chi connectivity index (χ4v) is 4.65. The van der Waals surface area contributed by atoms with Crippen LogP contribution in [0.4, 0.5) is 0 Å². The first kappa shape index (κ1) is 22.0. The van der Waals surface area contributed by atoms with Crippen molar-refractivity contribution in [1.82, 2.24) is 19.3 Å². The molecule has 0 N–H and O–H groups in total. The number of thioether (sulfide) groups is 1. The fraction of sp³-hybridized carbons (Fsp3) is 0.217. The van der Waals surface area contributed by atoms with Crippen LogP contribution in [0, 0.1) is 13.8 Å². The van der Waals surface area contributed by atoms with Crippen LogP contribution in [0.15, 0.2) is 70.3 Å². The average Bonchev–Trinajstić information content (AvgIpc) is 3.39. The maximum absolute atomic E-state index is 12.6. The first-order chi connectivity index (χ1) is 15.5. The Bertz CT molecular complexity index is 1270. The van der Waals surface area contributed by atoms with Crippen LogP contribution in [0.5, 0.6) is 5.75 Å². The highest BCUT2D eigenvalue weighted by Crippen LogP contribution is 2.23. The van der Waals surface area contributed by atoms with Crippen molar-refractivity contribution in [1.29, 1.82) is 0 Å². The van der Waals surface area contributed by atoms with Gasteiger partial charge in [-0.15, -0.1) is 21.5 Å². The van der Waals surface area contributed by atoms with Crippen molar-refractivity contribution >= 4 is 29.0 Å².